The Labute approximate surface area is 174 Å². The van der Waals surface area contributed by atoms with Gasteiger partial charge in [-0.1, -0.05) is 76.2 Å². The predicted molar refractivity (Wildman–Crippen MR) is 117 cm³/mol. The Hall–Kier alpha value is -2.70. The molecule has 4 nitrogen and oxygen atoms in total. The average Bonchev–Trinajstić information content (AvgIpc) is 2.74. The van der Waals surface area contributed by atoms with Crippen LogP contribution in [0.1, 0.15) is 10.4 Å². The molecule has 0 amide bonds. The van der Waals surface area contributed by atoms with E-state index in [0.29, 0.717) is 21.6 Å². The molecule has 0 fully saturated rings. The highest BCUT2D eigenvalue weighted by Crippen LogP contribution is 2.23. The summed E-state index contributed by atoms with van der Waals surface area (Å²) in [5.74, 6) is 0.195. The third-order valence-electron chi connectivity index (χ3n) is 4.24. The molecule has 0 atom stereocenters. The molecule has 0 N–H and O–H groups in total. The van der Waals surface area contributed by atoms with Crippen molar-refractivity contribution < 1.29 is 4.79 Å². The molecule has 0 radical (unpaired) electrons. The van der Waals surface area contributed by atoms with E-state index in [1.54, 1.807) is 28.8 Å². The summed E-state index contributed by atoms with van der Waals surface area (Å²) in [6.07, 6.45) is 0. The SMILES string of the molecule is O=C(CSc1nc2ccc(Br)cc2c(=O)n1-c1ccccc1)c1ccccc1. The molecule has 28 heavy (non-hydrogen) atoms. The molecule has 0 spiro atoms. The molecule has 138 valence electrons. The smallest absolute Gasteiger partial charge is 0.266 e. The third kappa shape index (κ3) is 3.79. The van der Waals surface area contributed by atoms with Crippen LogP contribution in [0, 0.1) is 0 Å². The fraction of sp³-hybridized carbons (Fsp3) is 0.0455. The number of halogens is 1. The second kappa shape index (κ2) is 8.12. The molecule has 1 aromatic heterocycles. The summed E-state index contributed by atoms with van der Waals surface area (Å²) in [4.78, 5) is 30.4. The van der Waals surface area contributed by atoms with Crippen molar-refractivity contribution in [1.82, 2.24) is 9.55 Å². The van der Waals surface area contributed by atoms with Crippen LogP contribution in [-0.2, 0) is 0 Å². The Morgan fingerprint density at radius 3 is 2.36 bits per heavy atom. The zero-order chi connectivity index (χ0) is 19.5. The van der Waals surface area contributed by atoms with E-state index in [2.05, 4.69) is 20.9 Å². The van der Waals surface area contributed by atoms with Gasteiger partial charge < -0.3 is 0 Å². The minimum absolute atomic E-state index is 0.00429. The Morgan fingerprint density at radius 2 is 1.64 bits per heavy atom. The lowest BCUT2D eigenvalue weighted by Gasteiger charge is -2.13. The first kappa shape index (κ1) is 18.7. The van der Waals surface area contributed by atoms with E-state index in [9.17, 15) is 9.59 Å². The first-order valence-electron chi connectivity index (χ1n) is 8.62. The molecule has 0 aliphatic rings. The average molecular weight is 451 g/mol. The molecule has 0 saturated carbocycles. The number of benzene rings is 3. The van der Waals surface area contributed by atoms with Crippen molar-refractivity contribution in [3.05, 3.63) is 99.3 Å². The van der Waals surface area contributed by atoms with Gasteiger partial charge in [-0.05, 0) is 30.3 Å². The van der Waals surface area contributed by atoms with Crippen molar-refractivity contribution in [2.24, 2.45) is 0 Å². The van der Waals surface area contributed by atoms with Crippen LogP contribution in [0.2, 0.25) is 0 Å². The number of carbonyl (C=O) groups is 1. The van der Waals surface area contributed by atoms with Crippen molar-refractivity contribution in [1.29, 1.82) is 0 Å². The maximum Gasteiger partial charge on any atom is 0.266 e. The molecule has 0 bridgehead atoms. The zero-order valence-electron chi connectivity index (χ0n) is 14.7. The van der Waals surface area contributed by atoms with Crippen LogP contribution < -0.4 is 5.56 Å². The minimum Gasteiger partial charge on any atom is -0.293 e. The Balaban J connectivity index is 1.79. The summed E-state index contributed by atoms with van der Waals surface area (Å²) in [6, 6.07) is 23.9. The fourth-order valence-corrected chi connectivity index (χ4v) is 4.14. The summed E-state index contributed by atoms with van der Waals surface area (Å²) in [7, 11) is 0. The van der Waals surface area contributed by atoms with Crippen molar-refractivity contribution in [2.45, 2.75) is 5.16 Å². The van der Waals surface area contributed by atoms with Crippen LogP contribution in [0.3, 0.4) is 0 Å². The number of rotatable bonds is 5. The van der Waals surface area contributed by atoms with Crippen LogP contribution in [-0.4, -0.2) is 21.1 Å². The van der Waals surface area contributed by atoms with Gasteiger partial charge in [-0.25, -0.2) is 4.98 Å². The van der Waals surface area contributed by atoms with E-state index in [-0.39, 0.29) is 17.1 Å². The summed E-state index contributed by atoms with van der Waals surface area (Å²) >= 11 is 4.68. The van der Waals surface area contributed by atoms with Gasteiger partial charge in [0.25, 0.3) is 5.56 Å². The van der Waals surface area contributed by atoms with Crippen molar-refractivity contribution in [2.75, 3.05) is 5.75 Å². The molecule has 4 aromatic rings. The lowest BCUT2D eigenvalue weighted by Crippen LogP contribution is -2.22. The lowest BCUT2D eigenvalue weighted by molar-refractivity contribution is 0.102. The number of para-hydroxylation sites is 1. The molecular formula is C22H15BrN2O2S. The number of carbonyl (C=O) groups excluding carboxylic acids is 1. The van der Waals surface area contributed by atoms with Crippen LogP contribution >= 0.6 is 27.7 Å². The molecule has 1 heterocycles. The number of nitrogens with zero attached hydrogens (tertiary/aromatic N) is 2. The number of hydrogen-bond donors (Lipinski definition) is 0. The normalized spacial score (nSPS) is 10.9. The lowest BCUT2D eigenvalue weighted by atomic mass is 10.2. The maximum atomic E-state index is 13.2. The van der Waals surface area contributed by atoms with Crippen LogP contribution in [0.25, 0.3) is 16.6 Å². The Morgan fingerprint density at radius 1 is 0.964 bits per heavy atom. The standard InChI is InChI=1S/C22H15BrN2O2S/c23-16-11-12-19-18(13-16)21(27)25(17-9-5-2-6-10-17)22(24-19)28-14-20(26)15-7-3-1-4-8-15/h1-13H,14H2. The topological polar surface area (TPSA) is 52.0 Å². The first-order valence-corrected chi connectivity index (χ1v) is 10.4. The molecule has 0 unspecified atom stereocenters. The van der Waals surface area contributed by atoms with Crippen LogP contribution in [0.4, 0.5) is 0 Å². The van der Waals surface area contributed by atoms with E-state index < -0.39 is 0 Å². The monoisotopic (exact) mass is 450 g/mol. The van der Waals surface area contributed by atoms with Gasteiger partial charge >= 0.3 is 0 Å². The maximum absolute atomic E-state index is 13.2. The number of ketones is 1. The zero-order valence-corrected chi connectivity index (χ0v) is 17.1. The van der Waals surface area contributed by atoms with E-state index in [4.69, 9.17) is 0 Å². The Kier molecular flexibility index (Phi) is 5.41. The van der Waals surface area contributed by atoms with Crippen molar-refractivity contribution in [3.63, 3.8) is 0 Å². The van der Waals surface area contributed by atoms with E-state index in [1.807, 2.05) is 54.6 Å². The molecular weight excluding hydrogens is 436 g/mol. The molecule has 3 aromatic carbocycles. The van der Waals surface area contributed by atoms with Gasteiger partial charge in [-0.2, -0.15) is 0 Å². The number of Topliss-reactive ketones (excluding diaryl/α,β-unsaturated/α-hetero) is 1. The highest BCUT2D eigenvalue weighted by Gasteiger charge is 2.15. The summed E-state index contributed by atoms with van der Waals surface area (Å²) in [5, 5.41) is 1.02. The van der Waals surface area contributed by atoms with E-state index in [0.717, 1.165) is 10.2 Å². The molecule has 0 saturated heterocycles. The molecule has 4 rings (SSSR count). The molecule has 0 aliphatic heterocycles. The number of fused-ring (bicyclic) bond motifs is 1. The van der Waals surface area contributed by atoms with Gasteiger partial charge in [-0.3, -0.25) is 14.2 Å². The summed E-state index contributed by atoms with van der Waals surface area (Å²) in [6.45, 7) is 0. The van der Waals surface area contributed by atoms with Crippen LogP contribution in [0.5, 0.6) is 0 Å². The highest BCUT2D eigenvalue weighted by molar-refractivity contribution is 9.10. The van der Waals surface area contributed by atoms with Gasteiger partial charge in [0.1, 0.15) is 0 Å². The third-order valence-corrected chi connectivity index (χ3v) is 5.67. The van der Waals surface area contributed by atoms with Gasteiger partial charge in [0.15, 0.2) is 10.9 Å². The summed E-state index contributed by atoms with van der Waals surface area (Å²) < 4.78 is 2.38. The highest BCUT2D eigenvalue weighted by atomic mass is 79.9. The summed E-state index contributed by atoms with van der Waals surface area (Å²) in [5.41, 5.74) is 1.81. The fourth-order valence-electron chi connectivity index (χ4n) is 2.88. The predicted octanol–water partition coefficient (Wildman–Crippen LogP) is 5.12. The second-order valence-corrected chi connectivity index (χ2v) is 7.97. The van der Waals surface area contributed by atoms with E-state index in [1.165, 1.54) is 11.8 Å². The largest absolute Gasteiger partial charge is 0.293 e. The van der Waals surface area contributed by atoms with Crippen molar-refractivity contribution in [3.8, 4) is 5.69 Å². The van der Waals surface area contributed by atoms with Crippen LogP contribution in [0.15, 0.2) is 93.3 Å². The van der Waals surface area contributed by atoms with Gasteiger partial charge in [-0.15, -0.1) is 0 Å². The van der Waals surface area contributed by atoms with Crippen molar-refractivity contribution >= 4 is 44.4 Å². The van der Waals surface area contributed by atoms with Gasteiger partial charge in [0, 0.05) is 10.0 Å². The second-order valence-electron chi connectivity index (χ2n) is 6.11. The number of aromatic nitrogens is 2. The number of hydrogen-bond acceptors (Lipinski definition) is 4. The van der Waals surface area contributed by atoms with Gasteiger partial charge in [0.2, 0.25) is 0 Å². The molecule has 0 aliphatic carbocycles. The number of thioether (sulfide) groups is 1. The molecule has 6 heteroatoms. The van der Waals surface area contributed by atoms with Gasteiger partial charge in [0.05, 0.1) is 22.3 Å². The Bertz CT molecular complexity index is 1210. The first-order chi connectivity index (χ1) is 13.6. The van der Waals surface area contributed by atoms with E-state index >= 15 is 0 Å². The quantitative estimate of drug-likeness (QED) is 0.240. The minimum atomic E-state index is -0.160.